The van der Waals surface area contributed by atoms with Crippen molar-refractivity contribution in [2.45, 2.75) is 18.8 Å². The van der Waals surface area contributed by atoms with Crippen molar-refractivity contribution in [2.75, 3.05) is 33.9 Å². The number of fused-ring (bicyclic) bond motifs is 2. The summed E-state index contributed by atoms with van der Waals surface area (Å²) in [6.07, 6.45) is -6.10. The van der Waals surface area contributed by atoms with Crippen molar-refractivity contribution in [1.29, 1.82) is 0 Å². The predicted octanol–water partition coefficient (Wildman–Crippen LogP) is 4.23. The van der Waals surface area contributed by atoms with Gasteiger partial charge in [-0.3, -0.25) is 4.79 Å². The van der Waals surface area contributed by atoms with Crippen molar-refractivity contribution in [3.05, 3.63) is 60.2 Å². The zero-order chi connectivity index (χ0) is 31.2. The van der Waals surface area contributed by atoms with Gasteiger partial charge in [-0.05, 0) is 24.3 Å². The number of halogens is 3. The van der Waals surface area contributed by atoms with Crippen molar-refractivity contribution in [2.24, 2.45) is 0 Å². The number of nitrogens with zero attached hydrogens (tertiary/aromatic N) is 7. The Morgan fingerprint density at radius 2 is 1.82 bits per heavy atom. The summed E-state index contributed by atoms with van der Waals surface area (Å²) in [5.41, 5.74) is 1.10. The number of carboxylic acid groups (broad SMARTS) is 1. The number of hydrogen-bond donors (Lipinski definition) is 1. The topological polar surface area (TPSA) is 149 Å². The molecule has 13 nitrogen and oxygen atoms in total. The van der Waals surface area contributed by atoms with Crippen LogP contribution in [0.25, 0.3) is 33.4 Å². The molecule has 1 fully saturated rings. The Hall–Kier alpha value is -5.41. The van der Waals surface area contributed by atoms with Crippen LogP contribution in [0.1, 0.15) is 17.7 Å². The highest BCUT2D eigenvalue weighted by Gasteiger charge is 2.41. The molecule has 1 N–H and O–H groups in total. The standard InChI is InChI=1S/C28H24F3N7O6/c1-42-16-7-8-19-20(12-16)38(26(33-19)28(29,30)31)14-22(39)37-10-9-36(27(40)41)13-21(37)23-34-25(44-35-23)17-11-15-5-3-4-6-18(15)32-24(17)43-2/h3-8,11-12,21H,9-10,13-14H2,1-2H3,(H,40,41)/t21-/m0/s1. The summed E-state index contributed by atoms with van der Waals surface area (Å²) in [6, 6.07) is 12.2. The number of pyridine rings is 1. The monoisotopic (exact) mass is 611 g/mol. The number of alkyl halides is 3. The van der Waals surface area contributed by atoms with Crippen LogP contribution in [-0.4, -0.2) is 85.4 Å². The molecular formula is C28H24F3N7O6. The normalized spacial score (nSPS) is 15.6. The fourth-order valence-corrected chi connectivity index (χ4v) is 5.19. The fourth-order valence-electron chi connectivity index (χ4n) is 5.19. The number of aromatic nitrogens is 5. The molecule has 6 rings (SSSR count). The molecule has 2 aromatic carbocycles. The molecule has 0 saturated carbocycles. The molecule has 0 spiro atoms. The van der Waals surface area contributed by atoms with Crippen LogP contribution < -0.4 is 9.47 Å². The van der Waals surface area contributed by atoms with E-state index in [1.807, 2.05) is 18.2 Å². The van der Waals surface area contributed by atoms with Gasteiger partial charge in [0.1, 0.15) is 23.9 Å². The summed E-state index contributed by atoms with van der Waals surface area (Å²) in [6.45, 7) is -1.18. The number of ether oxygens (including phenoxy) is 2. The highest BCUT2D eigenvalue weighted by Crippen LogP contribution is 2.35. The first-order chi connectivity index (χ1) is 21.1. The minimum atomic E-state index is -4.86. The number of hydrogen-bond acceptors (Lipinski definition) is 9. The van der Waals surface area contributed by atoms with Gasteiger partial charge in [-0.25, -0.2) is 14.8 Å². The fraction of sp³-hybridized carbons (Fsp3) is 0.286. The maximum absolute atomic E-state index is 14.0. The number of benzene rings is 2. The van der Waals surface area contributed by atoms with Gasteiger partial charge in [0.05, 0.1) is 37.3 Å². The second-order valence-electron chi connectivity index (χ2n) is 9.90. The zero-order valence-corrected chi connectivity index (χ0v) is 23.3. The lowest BCUT2D eigenvalue weighted by Crippen LogP contribution is -2.53. The molecular weight excluding hydrogens is 587 g/mol. The molecule has 2 amide bonds. The Morgan fingerprint density at radius 1 is 1.02 bits per heavy atom. The number of carbonyl (C=O) groups excluding carboxylic acids is 1. The van der Waals surface area contributed by atoms with Gasteiger partial charge in [0, 0.05) is 24.5 Å². The quantitative estimate of drug-likeness (QED) is 0.296. The van der Waals surface area contributed by atoms with E-state index in [1.54, 1.807) is 12.1 Å². The summed E-state index contributed by atoms with van der Waals surface area (Å²) in [7, 11) is 2.79. The molecule has 1 saturated heterocycles. The molecule has 0 unspecified atom stereocenters. The van der Waals surface area contributed by atoms with E-state index in [2.05, 4.69) is 20.1 Å². The third kappa shape index (κ3) is 5.18. The van der Waals surface area contributed by atoms with Crippen LogP contribution in [0.3, 0.4) is 0 Å². The second-order valence-corrected chi connectivity index (χ2v) is 9.90. The predicted molar refractivity (Wildman–Crippen MR) is 147 cm³/mol. The molecule has 1 aliphatic rings. The van der Waals surface area contributed by atoms with Crippen LogP contribution in [0.15, 0.2) is 53.1 Å². The van der Waals surface area contributed by atoms with Gasteiger partial charge in [0.25, 0.3) is 5.89 Å². The lowest BCUT2D eigenvalue weighted by molar-refractivity contribution is -0.148. The van der Waals surface area contributed by atoms with E-state index in [4.69, 9.17) is 14.0 Å². The summed E-state index contributed by atoms with van der Waals surface area (Å²) in [5, 5.41) is 14.5. The van der Waals surface area contributed by atoms with E-state index in [0.29, 0.717) is 11.1 Å². The third-order valence-corrected chi connectivity index (χ3v) is 7.33. The number of methoxy groups -OCH3 is 2. The van der Waals surface area contributed by atoms with E-state index in [-0.39, 0.29) is 54.0 Å². The largest absolute Gasteiger partial charge is 0.497 e. The first-order valence-electron chi connectivity index (χ1n) is 13.2. The first-order valence-corrected chi connectivity index (χ1v) is 13.2. The van der Waals surface area contributed by atoms with E-state index >= 15 is 0 Å². The van der Waals surface area contributed by atoms with Crippen LogP contribution in [-0.2, 0) is 17.5 Å². The Kier molecular flexibility index (Phi) is 7.18. The zero-order valence-electron chi connectivity index (χ0n) is 23.3. The minimum Gasteiger partial charge on any atom is -0.497 e. The Morgan fingerprint density at radius 3 is 2.55 bits per heavy atom. The molecule has 5 aromatic rings. The molecule has 1 aliphatic heterocycles. The summed E-state index contributed by atoms with van der Waals surface area (Å²) >= 11 is 0. The van der Waals surface area contributed by atoms with E-state index in [0.717, 1.165) is 14.9 Å². The number of carbonyl (C=O) groups is 2. The van der Waals surface area contributed by atoms with E-state index in [9.17, 15) is 27.9 Å². The highest BCUT2D eigenvalue weighted by molar-refractivity contribution is 5.85. The van der Waals surface area contributed by atoms with Crippen LogP contribution in [0.2, 0.25) is 0 Å². The summed E-state index contributed by atoms with van der Waals surface area (Å²) < 4.78 is 58.9. The van der Waals surface area contributed by atoms with E-state index < -0.39 is 36.6 Å². The van der Waals surface area contributed by atoms with Gasteiger partial charge in [0.15, 0.2) is 5.82 Å². The number of piperazine rings is 1. The van der Waals surface area contributed by atoms with E-state index in [1.165, 1.54) is 37.3 Å². The first kappa shape index (κ1) is 28.7. The molecule has 0 aliphatic carbocycles. The van der Waals surface area contributed by atoms with Gasteiger partial charge in [-0.1, -0.05) is 23.4 Å². The summed E-state index contributed by atoms with van der Waals surface area (Å²) in [5.74, 6) is -1.54. The minimum absolute atomic E-state index is 0.00186. The molecule has 0 bridgehead atoms. The van der Waals surface area contributed by atoms with Gasteiger partial charge in [-0.2, -0.15) is 18.2 Å². The maximum Gasteiger partial charge on any atom is 0.449 e. The summed E-state index contributed by atoms with van der Waals surface area (Å²) in [4.78, 5) is 40.5. The molecule has 0 radical (unpaired) electrons. The Labute approximate surface area is 246 Å². The molecule has 44 heavy (non-hydrogen) atoms. The van der Waals surface area contributed by atoms with Gasteiger partial charge in [-0.15, -0.1) is 0 Å². The average molecular weight is 612 g/mol. The van der Waals surface area contributed by atoms with Crippen molar-refractivity contribution >= 4 is 33.9 Å². The number of amides is 2. The lowest BCUT2D eigenvalue weighted by Gasteiger charge is -2.38. The third-order valence-electron chi connectivity index (χ3n) is 7.33. The van der Waals surface area contributed by atoms with Gasteiger partial charge < -0.3 is 33.5 Å². The van der Waals surface area contributed by atoms with Gasteiger partial charge in [0.2, 0.25) is 17.6 Å². The number of imidazole rings is 1. The Bertz CT molecular complexity index is 1890. The second kappa shape index (κ2) is 11.0. The van der Waals surface area contributed by atoms with Crippen molar-refractivity contribution in [3.63, 3.8) is 0 Å². The SMILES string of the molecule is COc1ccc2nc(C(F)(F)F)n(CC(=O)N3CCN(C(=O)O)C[C@H]3c3noc(-c4cc5ccccc5nc4OC)n3)c2c1. The highest BCUT2D eigenvalue weighted by atomic mass is 19.4. The molecule has 4 heterocycles. The molecule has 1 atom stereocenters. The van der Waals surface area contributed by atoms with Crippen molar-refractivity contribution in [3.8, 4) is 23.1 Å². The Balaban J connectivity index is 1.37. The molecule has 3 aromatic heterocycles. The van der Waals surface area contributed by atoms with Crippen LogP contribution in [0.4, 0.5) is 18.0 Å². The van der Waals surface area contributed by atoms with Crippen molar-refractivity contribution in [1.82, 2.24) is 34.5 Å². The lowest BCUT2D eigenvalue weighted by atomic mass is 10.1. The number of rotatable bonds is 6. The van der Waals surface area contributed by atoms with Crippen LogP contribution in [0, 0.1) is 0 Å². The average Bonchev–Trinajstić information content (AvgIpc) is 3.65. The molecule has 228 valence electrons. The smallest absolute Gasteiger partial charge is 0.449 e. The van der Waals surface area contributed by atoms with Crippen molar-refractivity contribution < 1.29 is 41.9 Å². The van der Waals surface area contributed by atoms with Crippen LogP contribution in [0.5, 0.6) is 11.6 Å². The van der Waals surface area contributed by atoms with Gasteiger partial charge >= 0.3 is 12.3 Å². The number of para-hydroxylation sites is 1. The van der Waals surface area contributed by atoms with Crippen LogP contribution >= 0.6 is 0 Å². The molecule has 16 heteroatoms. The maximum atomic E-state index is 14.0.